The van der Waals surface area contributed by atoms with Gasteiger partial charge in [0.05, 0.1) is 12.6 Å². The maximum absolute atomic E-state index is 12.0. The van der Waals surface area contributed by atoms with Gasteiger partial charge in [-0.3, -0.25) is 24.0 Å². The van der Waals surface area contributed by atoms with E-state index in [9.17, 15) is 32.3 Å². The number of hydrogen-bond donors (Lipinski definition) is 3. The highest BCUT2D eigenvalue weighted by molar-refractivity contribution is 5.79. The van der Waals surface area contributed by atoms with Crippen LogP contribution in [0.4, 0.5) is 13.2 Å². The average molecular weight is 637 g/mol. The molecule has 3 atom stereocenters. The molecule has 1 saturated heterocycles. The molecule has 0 spiro atoms. The zero-order chi connectivity index (χ0) is 34.9. The fourth-order valence-corrected chi connectivity index (χ4v) is 5.32. The molecule has 1 aliphatic carbocycles. The van der Waals surface area contributed by atoms with Crippen molar-refractivity contribution in [3.05, 3.63) is 33.2 Å². The molecular formula is C31H43F3N6O5. The molecule has 0 aromatic carbocycles. The molecule has 45 heavy (non-hydrogen) atoms. The minimum Gasteiger partial charge on any atom is -0.362 e. The van der Waals surface area contributed by atoms with Gasteiger partial charge in [-0.25, -0.2) is 0 Å². The lowest BCUT2D eigenvalue weighted by molar-refractivity contribution is -0.169. The first kappa shape index (κ1) is 38.7. The number of carbonyl (C=O) groups is 4. The van der Waals surface area contributed by atoms with Crippen LogP contribution in [-0.2, 0) is 38.6 Å². The molecule has 2 fully saturated rings. The van der Waals surface area contributed by atoms with Crippen molar-refractivity contribution >= 4 is 24.1 Å². The van der Waals surface area contributed by atoms with Crippen LogP contribution in [-0.4, -0.2) is 70.8 Å². The van der Waals surface area contributed by atoms with Crippen LogP contribution < -0.4 is 16.6 Å². The summed E-state index contributed by atoms with van der Waals surface area (Å²) in [6, 6.07) is 2.98. The minimum atomic E-state index is -4.86. The number of aromatic amines is 1. The van der Waals surface area contributed by atoms with Crippen LogP contribution in [0.25, 0.3) is 0 Å². The van der Waals surface area contributed by atoms with Gasteiger partial charge in [0.25, 0.3) is 5.56 Å². The molecule has 14 heteroatoms. The van der Waals surface area contributed by atoms with Crippen molar-refractivity contribution in [3.63, 3.8) is 0 Å². The van der Waals surface area contributed by atoms with Crippen molar-refractivity contribution in [2.75, 3.05) is 19.6 Å². The summed E-state index contributed by atoms with van der Waals surface area (Å²) in [6.07, 6.45) is 5.10. The van der Waals surface area contributed by atoms with E-state index in [4.69, 9.17) is 10.1 Å². The maximum Gasteiger partial charge on any atom is 0.470 e. The van der Waals surface area contributed by atoms with Gasteiger partial charge in [-0.05, 0) is 40.7 Å². The number of hydrogen-bond acceptors (Lipinski definition) is 6. The standard InChI is InChI=1S/C14H16N4O3.C13H23NO.C2H2F3NO.C2H2/c1-9(20)18-3-2-10-4-11(5-12(6-15)16-8-19)14(21)17-13(10)7-18;1-12(2,3)6-11(15)14-7-9-10(8-14)13(9,4)5;3-2(4,5)1(6)7;1-2/h4,8,12H,2-3,5,7H2,1H3,(H,16,19)(H,17,21);9-10H,6-8H2,1-5H3;(H2,6,7);1-2H/t;9-,10?;;/m.0../s1. The average Bonchev–Trinajstić information content (AvgIpc) is 3.25. The Morgan fingerprint density at radius 1 is 1.20 bits per heavy atom. The van der Waals surface area contributed by atoms with Crippen molar-refractivity contribution < 1.29 is 32.3 Å². The number of piperidine rings is 1. The van der Waals surface area contributed by atoms with E-state index in [2.05, 4.69) is 68.4 Å². The number of nitrogens with two attached hydrogens (primary N) is 1. The monoisotopic (exact) mass is 636 g/mol. The molecule has 1 aromatic rings. The van der Waals surface area contributed by atoms with Gasteiger partial charge < -0.3 is 25.8 Å². The molecule has 4 amide bonds. The van der Waals surface area contributed by atoms with E-state index in [-0.39, 0.29) is 23.3 Å². The molecule has 3 heterocycles. The zero-order valence-corrected chi connectivity index (χ0v) is 26.6. The van der Waals surface area contributed by atoms with Crippen molar-refractivity contribution in [1.29, 1.82) is 5.26 Å². The third-order valence-electron chi connectivity index (χ3n) is 8.02. The first-order valence-electron chi connectivity index (χ1n) is 14.3. The Balaban J connectivity index is 0.000000367. The number of pyridine rings is 1. The quantitative estimate of drug-likeness (QED) is 0.331. The summed E-state index contributed by atoms with van der Waals surface area (Å²) < 4.78 is 32.1. The van der Waals surface area contributed by atoms with Gasteiger partial charge in [0.1, 0.15) is 6.04 Å². The van der Waals surface area contributed by atoms with E-state index in [1.165, 1.54) is 6.92 Å². The topological polar surface area (TPSA) is 169 Å². The van der Waals surface area contributed by atoms with Gasteiger partial charge in [0.2, 0.25) is 18.2 Å². The van der Waals surface area contributed by atoms with E-state index in [0.717, 1.165) is 36.2 Å². The lowest BCUT2D eigenvalue weighted by atomic mass is 9.91. The van der Waals surface area contributed by atoms with Gasteiger partial charge in [-0.15, -0.1) is 12.8 Å². The first-order chi connectivity index (χ1) is 20.7. The highest BCUT2D eigenvalue weighted by Gasteiger charge is 2.62. The summed E-state index contributed by atoms with van der Waals surface area (Å²) in [5.74, 6) is -0.369. The van der Waals surface area contributed by atoms with Crippen LogP contribution in [0.2, 0.25) is 0 Å². The Labute approximate surface area is 261 Å². The molecule has 2 aliphatic heterocycles. The van der Waals surface area contributed by atoms with E-state index in [1.807, 2.05) is 6.07 Å². The van der Waals surface area contributed by atoms with E-state index >= 15 is 0 Å². The normalized spacial score (nSPS) is 19.6. The lowest BCUT2D eigenvalue weighted by Gasteiger charge is -2.27. The highest BCUT2D eigenvalue weighted by Crippen LogP contribution is 2.62. The smallest absolute Gasteiger partial charge is 0.362 e. The summed E-state index contributed by atoms with van der Waals surface area (Å²) in [6.45, 7) is 15.6. The molecule has 1 saturated carbocycles. The molecule has 1 aromatic heterocycles. The fraction of sp³-hybridized carbons (Fsp3) is 0.613. The summed E-state index contributed by atoms with van der Waals surface area (Å²) in [5.41, 5.74) is 6.34. The van der Waals surface area contributed by atoms with Gasteiger partial charge >= 0.3 is 12.1 Å². The second-order valence-electron chi connectivity index (χ2n) is 12.9. The number of halogens is 3. The first-order valence-corrected chi connectivity index (χ1v) is 14.3. The minimum absolute atomic E-state index is 0.0229. The summed E-state index contributed by atoms with van der Waals surface area (Å²) in [7, 11) is 0. The second kappa shape index (κ2) is 15.6. The van der Waals surface area contributed by atoms with Gasteiger partial charge in [-0.1, -0.05) is 34.6 Å². The van der Waals surface area contributed by atoms with Crippen molar-refractivity contribution in [3.8, 4) is 18.9 Å². The SMILES string of the molecule is C#C.CC(=O)N1CCc2cc(CC(C#N)NC=O)c(=O)[nH]c2C1.CC(C)(C)CC(=O)N1CC2[C@H](C1)C2(C)C.NC(=O)C(F)(F)F. The number of carbonyl (C=O) groups excluding carboxylic acids is 4. The molecule has 2 unspecified atom stereocenters. The number of alkyl halides is 3. The number of amides is 4. The Bertz CT molecular complexity index is 1340. The van der Waals surface area contributed by atoms with Crippen molar-refractivity contribution in [1.82, 2.24) is 20.1 Å². The Kier molecular flexibility index (Phi) is 13.4. The summed E-state index contributed by atoms with van der Waals surface area (Å²) in [5, 5.41) is 11.3. The Morgan fingerprint density at radius 3 is 2.16 bits per heavy atom. The number of aromatic nitrogens is 1. The number of terminal acetylenes is 1. The van der Waals surface area contributed by atoms with Gasteiger partial charge in [0.15, 0.2) is 0 Å². The number of H-pyrrole nitrogens is 1. The molecule has 4 N–H and O–H groups in total. The van der Waals surface area contributed by atoms with Crippen LogP contribution in [0.1, 0.15) is 64.8 Å². The number of fused-ring (bicyclic) bond motifs is 2. The maximum atomic E-state index is 12.0. The Hall–Kier alpha value is -4.33. The summed E-state index contributed by atoms with van der Waals surface area (Å²) >= 11 is 0. The molecule has 11 nitrogen and oxygen atoms in total. The van der Waals surface area contributed by atoms with E-state index in [0.29, 0.717) is 49.2 Å². The van der Waals surface area contributed by atoms with Crippen LogP contribution in [0.3, 0.4) is 0 Å². The molecular weight excluding hydrogens is 593 g/mol. The number of rotatable bonds is 5. The number of nitriles is 1. The largest absolute Gasteiger partial charge is 0.470 e. The van der Waals surface area contributed by atoms with Crippen LogP contribution in [0.5, 0.6) is 0 Å². The fourth-order valence-electron chi connectivity index (χ4n) is 5.32. The van der Waals surface area contributed by atoms with E-state index < -0.39 is 18.1 Å². The van der Waals surface area contributed by atoms with Crippen molar-refractivity contribution in [2.45, 2.75) is 79.6 Å². The van der Waals surface area contributed by atoms with Gasteiger partial charge in [0, 0.05) is 50.7 Å². The highest BCUT2D eigenvalue weighted by atomic mass is 19.4. The number of nitrogens with zero attached hydrogens (tertiary/aromatic N) is 3. The number of primary amides is 1. The molecule has 3 aliphatic rings. The number of nitrogens with one attached hydrogen (secondary N) is 2. The molecule has 4 rings (SSSR count). The van der Waals surface area contributed by atoms with Crippen LogP contribution in [0, 0.1) is 46.8 Å². The van der Waals surface area contributed by atoms with Crippen LogP contribution in [0.15, 0.2) is 10.9 Å². The van der Waals surface area contributed by atoms with Gasteiger partial charge in [-0.2, -0.15) is 18.4 Å². The van der Waals surface area contributed by atoms with Crippen molar-refractivity contribution in [2.24, 2.45) is 28.4 Å². The molecule has 248 valence electrons. The third kappa shape index (κ3) is 11.3. The summed E-state index contributed by atoms with van der Waals surface area (Å²) in [4.78, 5) is 61.4. The molecule has 0 radical (unpaired) electrons. The predicted molar refractivity (Wildman–Crippen MR) is 161 cm³/mol. The predicted octanol–water partition coefficient (Wildman–Crippen LogP) is 2.28. The lowest BCUT2D eigenvalue weighted by Crippen LogP contribution is -2.37. The second-order valence-corrected chi connectivity index (χ2v) is 12.9. The van der Waals surface area contributed by atoms with E-state index in [1.54, 1.807) is 11.0 Å². The third-order valence-corrected chi connectivity index (χ3v) is 8.02. The number of likely N-dealkylation sites (tertiary alicyclic amines) is 1. The zero-order valence-electron chi connectivity index (χ0n) is 26.6. The Morgan fingerprint density at radius 2 is 1.73 bits per heavy atom. The molecule has 0 bridgehead atoms. The van der Waals surface area contributed by atoms with Crippen LogP contribution >= 0.6 is 0 Å².